The molecule has 1 aliphatic heterocycles. The number of benzene rings is 1. The Morgan fingerprint density at radius 1 is 1.11 bits per heavy atom. The molecular weight excluding hydrogens is 258 g/mol. The topological polar surface area (TPSA) is 44.5 Å². The van der Waals surface area contributed by atoms with Gasteiger partial charge in [0.2, 0.25) is 0 Å². The molecule has 1 aromatic heterocycles. The zero-order valence-electron chi connectivity index (χ0n) is 10.9. The van der Waals surface area contributed by atoms with Crippen LogP contribution in [0, 0.1) is 6.92 Å². The molecule has 0 saturated carbocycles. The van der Waals surface area contributed by atoms with E-state index in [2.05, 4.69) is 19.1 Å². The fourth-order valence-corrected chi connectivity index (χ4v) is 3.07. The van der Waals surface area contributed by atoms with Gasteiger partial charge in [-0.25, -0.2) is 0 Å². The molecule has 0 aliphatic carbocycles. The van der Waals surface area contributed by atoms with Gasteiger partial charge in [0.25, 0.3) is 0 Å². The highest BCUT2D eigenvalue weighted by atomic mass is 32.1. The second-order valence-corrected chi connectivity index (χ2v) is 6.00. The smallest absolute Gasteiger partial charge is 0.161 e. The van der Waals surface area contributed by atoms with Crippen LogP contribution in [0.4, 0.5) is 0 Å². The van der Waals surface area contributed by atoms with E-state index in [1.807, 2.05) is 18.2 Å². The lowest BCUT2D eigenvalue weighted by Gasteiger charge is -2.13. The molecular formula is C15H17NO2S. The third kappa shape index (κ3) is 2.60. The molecule has 0 saturated heterocycles. The van der Waals surface area contributed by atoms with Crippen molar-refractivity contribution in [3.63, 3.8) is 0 Å². The van der Waals surface area contributed by atoms with Gasteiger partial charge >= 0.3 is 0 Å². The van der Waals surface area contributed by atoms with Crippen molar-refractivity contribution < 1.29 is 9.47 Å². The van der Waals surface area contributed by atoms with Crippen molar-refractivity contribution in [2.24, 2.45) is 5.73 Å². The first kappa shape index (κ1) is 12.5. The highest BCUT2D eigenvalue weighted by molar-refractivity contribution is 7.12. The van der Waals surface area contributed by atoms with Crippen LogP contribution in [0.25, 0.3) is 0 Å². The van der Waals surface area contributed by atoms with E-state index < -0.39 is 0 Å². The Hall–Kier alpha value is -1.52. The van der Waals surface area contributed by atoms with E-state index in [4.69, 9.17) is 15.2 Å². The van der Waals surface area contributed by atoms with Crippen LogP contribution >= 0.6 is 11.3 Å². The van der Waals surface area contributed by atoms with Gasteiger partial charge in [0, 0.05) is 16.2 Å². The molecule has 1 atom stereocenters. The van der Waals surface area contributed by atoms with E-state index in [1.54, 1.807) is 11.3 Å². The summed E-state index contributed by atoms with van der Waals surface area (Å²) in [6, 6.07) is 10.1. The summed E-state index contributed by atoms with van der Waals surface area (Å²) >= 11 is 1.74. The van der Waals surface area contributed by atoms with Crippen LogP contribution in [0.3, 0.4) is 0 Å². The number of thiophene rings is 1. The van der Waals surface area contributed by atoms with Crippen LogP contribution in [0.2, 0.25) is 0 Å². The molecule has 3 rings (SSSR count). The second-order valence-electron chi connectivity index (χ2n) is 4.68. The van der Waals surface area contributed by atoms with Crippen molar-refractivity contribution in [1.29, 1.82) is 0 Å². The number of ether oxygens (including phenoxy) is 2. The number of hydrogen-bond acceptors (Lipinski definition) is 4. The Bertz CT molecular complexity index is 579. The average Bonchev–Trinajstić information content (AvgIpc) is 2.72. The molecule has 0 fully saturated rings. The zero-order chi connectivity index (χ0) is 13.2. The van der Waals surface area contributed by atoms with Gasteiger partial charge in [-0.15, -0.1) is 11.3 Å². The van der Waals surface area contributed by atoms with Gasteiger partial charge in [-0.05, 0) is 36.8 Å². The highest BCUT2D eigenvalue weighted by Crippen LogP contribution is 2.34. The Balaban J connectivity index is 1.91. The lowest BCUT2D eigenvalue weighted by molar-refractivity contribution is 0.297. The maximum absolute atomic E-state index is 6.32. The summed E-state index contributed by atoms with van der Waals surface area (Å²) in [5, 5.41) is 0. The maximum Gasteiger partial charge on any atom is 0.161 e. The van der Waals surface area contributed by atoms with Crippen LogP contribution in [-0.2, 0) is 0 Å². The summed E-state index contributed by atoms with van der Waals surface area (Å²) in [5.74, 6) is 1.62. The maximum atomic E-state index is 6.32. The number of nitrogens with two attached hydrogens (primary N) is 1. The molecule has 2 N–H and O–H groups in total. The third-order valence-corrected chi connectivity index (χ3v) is 4.28. The molecule has 100 valence electrons. The molecule has 1 aromatic carbocycles. The first-order chi connectivity index (χ1) is 9.24. The Labute approximate surface area is 117 Å². The summed E-state index contributed by atoms with van der Waals surface area (Å²) in [5.41, 5.74) is 7.38. The molecule has 0 spiro atoms. The normalized spacial score (nSPS) is 15.9. The van der Waals surface area contributed by atoms with Crippen LogP contribution in [0.5, 0.6) is 11.5 Å². The predicted octanol–water partition coefficient (Wildman–Crippen LogP) is 3.27. The molecule has 2 aromatic rings. The molecule has 2 heterocycles. The van der Waals surface area contributed by atoms with E-state index in [0.29, 0.717) is 13.2 Å². The Morgan fingerprint density at radius 3 is 2.63 bits per heavy atom. The van der Waals surface area contributed by atoms with Gasteiger partial charge in [-0.1, -0.05) is 6.07 Å². The minimum Gasteiger partial charge on any atom is -0.490 e. The summed E-state index contributed by atoms with van der Waals surface area (Å²) < 4.78 is 11.3. The molecule has 1 unspecified atom stereocenters. The number of aryl methyl sites for hydroxylation is 1. The summed E-state index contributed by atoms with van der Waals surface area (Å²) in [6.07, 6.45) is 0.917. The first-order valence-corrected chi connectivity index (χ1v) is 7.27. The fourth-order valence-electron chi connectivity index (χ4n) is 2.16. The van der Waals surface area contributed by atoms with E-state index in [9.17, 15) is 0 Å². The molecule has 19 heavy (non-hydrogen) atoms. The predicted molar refractivity (Wildman–Crippen MR) is 77.1 cm³/mol. The molecule has 0 amide bonds. The second kappa shape index (κ2) is 5.23. The van der Waals surface area contributed by atoms with Gasteiger partial charge in [-0.2, -0.15) is 0 Å². The van der Waals surface area contributed by atoms with E-state index in [0.717, 1.165) is 23.5 Å². The van der Waals surface area contributed by atoms with Crippen LogP contribution < -0.4 is 15.2 Å². The number of rotatable bonds is 2. The van der Waals surface area contributed by atoms with Crippen molar-refractivity contribution in [3.05, 3.63) is 45.6 Å². The molecule has 1 aliphatic rings. The Kier molecular flexibility index (Phi) is 3.44. The van der Waals surface area contributed by atoms with Crippen molar-refractivity contribution in [1.82, 2.24) is 0 Å². The van der Waals surface area contributed by atoms with Crippen molar-refractivity contribution in [2.45, 2.75) is 19.4 Å². The average molecular weight is 275 g/mol. The van der Waals surface area contributed by atoms with Gasteiger partial charge in [0.15, 0.2) is 11.5 Å². The zero-order valence-corrected chi connectivity index (χ0v) is 11.7. The minimum atomic E-state index is -0.101. The SMILES string of the molecule is Cc1ccc(C(N)c2ccc3c(c2)OCCCO3)s1. The molecule has 0 bridgehead atoms. The standard InChI is InChI=1S/C15H17NO2S/c1-10-3-6-14(19-10)15(16)11-4-5-12-13(9-11)18-8-2-7-17-12/h3-6,9,15H,2,7-8,16H2,1H3. The van der Waals surface area contributed by atoms with Crippen molar-refractivity contribution >= 4 is 11.3 Å². The lowest BCUT2D eigenvalue weighted by Crippen LogP contribution is -2.10. The van der Waals surface area contributed by atoms with E-state index in [1.165, 1.54) is 9.75 Å². The van der Waals surface area contributed by atoms with Gasteiger partial charge in [-0.3, -0.25) is 0 Å². The number of fused-ring (bicyclic) bond motifs is 1. The first-order valence-electron chi connectivity index (χ1n) is 6.45. The Morgan fingerprint density at radius 2 is 1.89 bits per heavy atom. The largest absolute Gasteiger partial charge is 0.490 e. The molecule has 0 radical (unpaired) electrons. The monoisotopic (exact) mass is 275 g/mol. The van der Waals surface area contributed by atoms with Gasteiger partial charge in [0.05, 0.1) is 19.3 Å². The molecule has 4 heteroatoms. The summed E-state index contributed by atoms with van der Waals surface area (Å²) in [6.45, 7) is 3.50. The van der Waals surface area contributed by atoms with Crippen molar-refractivity contribution in [3.8, 4) is 11.5 Å². The minimum absolute atomic E-state index is 0.101. The van der Waals surface area contributed by atoms with E-state index in [-0.39, 0.29) is 6.04 Å². The quantitative estimate of drug-likeness (QED) is 0.915. The van der Waals surface area contributed by atoms with E-state index >= 15 is 0 Å². The van der Waals surface area contributed by atoms with Crippen molar-refractivity contribution in [2.75, 3.05) is 13.2 Å². The lowest BCUT2D eigenvalue weighted by atomic mass is 10.1. The molecule has 3 nitrogen and oxygen atoms in total. The highest BCUT2D eigenvalue weighted by Gasteiger charge is 2.16. The third-order valence-electron chi connectivity index (χ3n) is 3.20. The fraction of sp³-hybridized carbons (Fsp3) is 0.333. The van der Waals surface area contributed by atoms with Gasteiger partial charge < -0.3 is 15.2 Å². The van der Waals surface area contributed by atoms with Crippen LogP contribution in [0.1, 0.15) is 27.8 Å². The summed E-state index contributed by atoms with van der Waals surface area (Å²) in [7, 11) is 0. The van der Waals surface area contributed by atoms with Crippen LogP contribution in [0.15, 0.2) is 30.3 Å². The summed E-state index contributed by atoms with van der Waals surface area (Å²) in [4.78, 5) is 2.45. The van der Waals surface area contributed by atoms with Crippen LogP contribution in [-0.4, -0.2) is 13.2 Å². The van der Waals surface area contributed by atoms with Gasteiger partial charge in [0.1, 0.15) is 0 Å². The number of hydrogen-bond donors (Lipinski definition) is 1.